The van der Waals surface area contributed by atoms with Crippen LogP contribution in [0.4, 0.5) is 0 Å². The van der Waals surface area contributed by atoms with Gasteiger partial charge in [0.05, 0.1) is 11.0 Å². The van der Waals surface area contributed by atoms with Gasteiger partial charge in [0.2, 0.25) is 0 Å². The summed E-state index contributed by atoms with van der Waals surface area (Å²) in [6, 6.07) is 48.8. The predicted octanol–water partition coefficient (Wildman–Crippen LogP) is 15.4. The highest BCUT2D eigenvalue weighted by Gasteiger charge is 2.21. The summed E-state index contributed by atoms with van der Waals surface area (Å²) in [5.74, 6) is 0.690. The average molecular weight is 707 g/mol. The van der Waals surface area contributed by atoms with E-state index in [0.717, 1.165) is 54.7 Å². The van der Waals surface area contributed by atoms with Gasteiger partial charge in [-0.2, -0.15) is 0 Å². The van der Waals surface area contributed by atoms with Crippen LogP contribution in [0.1, 0.15) is 11.0 Å². The number of rotatable bonds is 5. The van der Waals surface area contributed by atoms with Gasteiger partial charge in [0, 0.05) is 16.5 Å². The lowest BCUT2D eigenvalue weighted by Crippen LogP contribution is -1.91. The molecular weight excluding hydrogens is 665 g/mol. The molecule has 0 fully saturated rings. The third kappa shape index (κ3) is 5.16. The quantitative estimate of drug-likeness (QED) is 0.128. The molecule has 0 aliphatic carbocycles. The molecule has 0 bridgehead atoms. The van der Waals surface area contributed by atoms with E-state index in [9.17, 15) is 5.48 Å². The zero-order valence-corrected chi connectivity index (χ0v) is 29.4. The number of hydrogen-bond acceptors (Lipinski definition) is 1. The smallest absolute Gasteiger partial charge is 0.143 e. The van der Waals surface area contributed by atoms with E-state index >= 15 is 0 Å². The third-order valence-corrected chi connectivity index (χ3v) is 10.7. The van der Waals surface area contributed by atoms with Crippen molar-refractivity contribution in [1.82, 2.24) is 0 Å². The van der Waals surface area contributed by atoms with Gasteiger partial charge in [-0.25, -0.2) is 0 Å². The minimum Gasteiger partial charge on any atom is -0.455 e. The molecule has 1 nitrogen and oxygen atoms in total. The second kappa shape index (κ2) is 12.7. The van der Waals surface area contributed by atoms with Gasteiger partial charge in [-0.15, -0.1) is 0 Å². The standard InChI is InChI=1S/C54H34O/c1-3-13-35(14-4-1)40-30-32-50-49(34-40)53(54(55-50)39-16-5-2-6-17-39)38-26-24-37(25-27-38)51-45-19-9-11-21-47(45)52(48-22-12-10-20-46(48)51)42-29-31-44-41(33-42)28-23-36-15-7-8-18-43(36)44/h1-34H/i9D,10D,11D,12D,19D,20D,21D,22D. The van der Waals surface area contributed by atoms with E-state index in [2.05, 4.69) is 24.3 Å². The first kappa shape index (κ1) is 24.2. The van der Waals surface area contributed by atoms with Crippen LogP contribution >= 0.6 is 0 Å². The van der Waals surface area contributed by atoms with Crippen molar-refractivity contribution < 1.29 is 15.4 Å². The van der Waals surface area contributed by atoms with Gasteiger partial charge in [0.25, 0.3) is 0 Å². The first-order chi connectivity index (χ1) is 30.6. The molecule has 0 aliphatic heterocycles. The molecule has 0 radical (unpaired) electrons. The Labute approximate surface area is 330 Å². The first-order valence-corrected chi connectivity index (χ1v) is 18.3. The molecule has 0 atom stereocenters. The Morgan fingerprint density at radius 1 is 0.309 bits per heavy atom. The summed E-state index contributed by atoms with van der Waals surface area (Å²) in [4.78, 5) is 0. The van der Waals surface area contributed by atoms with Gasteiger partial charge < -0.3 is 4.42 Å². The van der Waals surface area contributed by atoms with Crippen LogP contribution < -0.4 is 0 Å². The molecule has 0 amide bonds. The Hall–Kier alpha value is -7.22. The van der Waals surface area contributed by atoms with Crippen LogP contribution in [-0.4, -0.2) is 0 Å². The van der Waals surface area contributed by atoms with Crippen molar-refractivity contribution in [3.05, 3.63) is 206 Å². The largest absolute Gasteiger partial charge is 0.455 e. The summed E-state index contributed by atoms with van der Waals surface area (Å²) in [7, 11) is 0. The number of fused-ring (bicyclic) bond motifs is 6. The molecule has 11 rings (SSSR count). The molecule has 256 valence electrons. The summed E-state index contributed by atoms with van der Waals surface area (Å²) < 4.78 is 80.0. The van der Waals surface area contributed by atoms with Crippen molar-refractivity contribution in [2.75, 3.05) is 0 Å². The Bertz CT molecular complexity index is 3610. The van der Waals surface area contributed by atoms with Crippen LogP contribution in [0.3, 0.4) is 0 Å². The topological polar surface area (TPSA) is 13.1 Å². The molecule has 0 saturated carbocycles. The predicted molar refractivity (Wildman–Crippen MR) is 233 cm³/mol. The molecule has 1 aromatic heterocycles. The highest BCUT2D eigenvalue weighted by Crippen LogP contribution is 2.46. The fourth-order valence-corrected chi connectivity index (χ4v) is 8.16. The Balaban J connectivity index is 1.21. The van der Waals surface area contributed by atoms with Crippen LogP contribution in [0.2, 0.25) is 0 Å². The maximum Gasteiger partial charge on any atom is 0.143 e. The zero-order chi connectivity index (χ0) is 43.3. The lowest BCUT2D eigenvalue weighted by Gasteiger charge is -2.18. The van der Waals surface area contributed by atoms with E-state index in [1.807, 2.05) is 133 Å². The number of benzene rings is 10. The maximum atomic E-state index is 9.46. The molecule has 1 heteroatoms. The molecule has 0 spiro atoms. The van der Waals surface area contributed by atoms with Crippen LogP contribution in [0, 0.1) is 0 Å². The fourth-order valence-electron chi connectivity index (χ4n) is 8.16. The lowest BCUT2D eigenvalue weighted by atomic mass is 9.85. The lowest BCUT2D eigenvalue weighted by molar-refractivity contribution is 0.632. The van der Waals surface area contributed by atoms with Crippen LogP contribution in [0.5, 0.6) is 0 Å². The van der Waals surface area contributed by atoms with Crippen molar-refractivity contribution in [1.29, 1.82) is 0 Å². The van der Waals surface area contributed by atoms with Crippen molar-refractivity contribution >= 4 is 54.1 Å². The molecular formula is C54H34O. The van der Waals surface area contributed by atoms with Gasteiger partial charge in [-0.1, -0.05) is 188 Å². The van der Waals surface area contributed by atoms with Gasteiger partial charge in [-0.3, -0.25) is 0 Å². The molecule has 0 N–H and O–H groups in total. The zero-order valence-electron chi connectivity index (χ0n) is 37.4. The first-order valence-electron chi connectivity index (χ1n) is 22.3. The Kier molecular flexibility index (Phi) is 5.59. The third-order valence-electron chi connectivity index (χ3n) is 10.7. The summed E-state index contributed by atoms with van der Waals surface area (Å²) in [6.07, 6.45) is 0. The second-order valence-corrected chi connectivity index (χ2v) is 13.8. The molecule has 0 aliphatic rings. The number of hydrogen-bond donors (Lipinski definition) is 0. The second-order valence-electron chi connectivity index (χ2n) is 13.8. The minimum atomic E-state index is -0.437. The summed E-state index contributed by atoms with van der Waals surface area (Å²) in [5, 5.41) is 5.61. The molecule has 1 heterocycles. The monoisotopic (exact) mass is 706 g/mol. The van der Waals surface area contributed by atoms with Crippen molar-refractivity contribution in [3.8, 4) is 55.8 Å². The average Bonchev–Trinajstić information content (AvgIpc) is 3.72. The molecule has 0 unspecified atom stereocenters. The van der Waals surface area contributed by atoms with E-state index in [1.54, 1.807) is 0 Å². The van der Waals surface area contributed by atoms with E-state index < -0.39 is 24.2 Å². The van der Waals surface area contributed by atoms with Crippen molar-refractivity contribution in [2.24, 2.45) is 0 Å². The Morgan fingerprint density at radius 3 is 1.49 bits per heavy atom. The minimum absolute atomic E-state index is 0.172. The van der Waals surface area contributed by atoms with Crippen molar-refractivity contribution in [3.63, 3.8) is 0 Å². The van der Waals surface area contributed by atoms with Gasteiger partial charge in [-0.05, 0) is 100 Å². The van der Waals surface area contributed by atoms with Gasteiger partial charge in [0.15, 0.2) is 0 Å². The van der Waals surface area contributed by atoms with Gasteiger partial charge >= 0.3 is 0 Å². The van der Waals surface area contributed by atoms with Gasteiger partial charge in [0.1, 0.15) is 11.3 Å². The SMILES string of the molecule is [2H]c1c([2H])c([2H])c2c(-c3ccc4c(ccc5ccccc54)c3)c3c([2H])c([2H])c([2H])c([2H])c3c(-c3ccc(-c4c(-c5ccccc5)oc5ccc(-c6ccccc6)cc45)cc3)c2c1[2H]. The summed E-state index contributed by atoms with van der Waals surface area (Å²) >= 11 is 0. The van der Waals surface area contributed by atoms with E-state index in [4.69, 9.17) is 9.90 Å². The highest BCUT2D eigenvalue weighted by atomic mass is 16.3. The van der Waals surface area contributed by atoms with Crippen LogP contribution in [0.25, 0.3) is 110 Å². The van der Waals surface area contributed by atoms with E-state index in [1.165, 1.54) is 0 Å². The molecule has 0 saturated heterocycles. The van der Waals surface area contributed by atoms with Crippen LogP contribution in [-0.2, 0) is 0 Å². The maximum absolute atomic E-state index is 9.46. The summed E-state index contributed by atoms with van der Waals surface area (Å²) in [6.45, 7) is 0. The number of furan rings is 1. The highest BCUT2D eigenvalue weighted by molar-refractivity contribution is 6.22. The normalized spacial score (nSPS) is 13.7. The molecule has 11 aromatic rings. The summed E-state index contributed by atoms with van der Waals surface area (Å²) in [5.41, 5.74) is 7.13. The molecule has 55 heavy (non-hydrogen) atoms. The van der Waals surface area contributed by atoms with E-state index in [0.29, 0.717) is 33.6 Å². The fraction of sp³-hybridized carbons (Fsp3) is 0. The molecule has 10 aromatic carbocycles. The van der Waals surface area contributed by atoms with Crippen molar-refractivity contribution in [2.45, 2.75) is 0 Å². The van der Waals surface area contributed by atoms with E-state index in [-0.39, 0.29) is 45.7 Å². The van der Waals surface area contributed by atoms with Crippen LogP contribution in [0.15, 0.2) is 210 Å². The Morgan fingerprint density at radius 2 is 0.818 bits per heavy atom.